The number of pyridine rings is 1. The van der Waals surface area contributed by atoms with Crippen molar-refractivity contribution in [3.05, 3.63) is 24.5 Å². The number of nitrogens with zero attached hydrogens (tertiary/aromatic N) is 4. The zero-order valence-corrected chi connectivity index (χ0v) is 11.6. The number of amides is 1. The van der Waals surface area contributed by atoms with Crippen molar-refractivity contribution >= 4 is 17.7 Å². The van der Waals surface area contributed by atoms with Crippen LogP contribution in [0.1, 0.15) is 13.8 Å². The molecule has 0 saturated heterocycles. The van der Waals surface area contributed by atoms with Crippen molar-refractivity contribution < 1.29 is 4.79 Å². The van der Waals surface area contributed by atoms with Gasteiger partial charge in [-0.2, -0.15) is 0 Å². The van der Waals surface area contributed by atoms with Gasteiger partial charge >= 0.3 is 0 Å². The molecule has 0 spiro atoms. The van der Waals surface area contributed by atoms with Crippen LogP contribution in [0.15, 0.2) is 29.7 Å². The van der Waals surface area contributed by atoms with Crippen LogP contribution in [-0.2, 0) is 11.3 Å². The second kappa shape index (κ2) is 5.83. The first kappa shape index (κ1) is 13.5. The van der Waals surface area contributed by atoms with Crippen LogP contribution in [0.4, 0.5) is 0 Å². The van der Waals surface area contributed by atoms with E-state index in [0.29, 0.717) is 5.16 Å². The first-order valence-electron chi connectivity index (χ1n) is 5.93. The van der Waals surface area contributed by atoms with Crippen molar-refractivity contribution in [2.75, 3.05) is 0 Å². The number of primary amides is 1. The Morgan fingerprint density at radius 1 is 1.42 bits per heavy atom. The molecule has 1 amide bonds. The molecule has 2 heterocycles. The van der Waals surface area contributed by atoms with E-state index in [2.05, 4.69) is 15.2 Å². The number of aromatic nitrogens is 4. The molecule has 0 aliphatic carbocycles. The van der Waals surface area contributed by atoms with Crippen LogP contribution in [0, 0.1) is 0 Å². The van der Waals surface area contributed by atoms with E-state index in [9.17, 15) is 4.79 Å². The van der Waals surface area contributed by atoms with Gasteiger partial charge in [0.2, 0.25) is 5.91 Å². The van der Waals surface area contributed by atoms with E-state index in [4.69, 9.17) is 5.73 Å². The lowest BCUT2D eigenvalue weighted by Gasteiger charge is -2.09. The van der Waals surface area contributed by atoms with Crippen molar-refractivity contribution in [3.63, 3.8) is 0 Å². The molecule has 2 N–H and O–H groups in total. The largest absolute Gasteiger partial charge is 0.369 e. The molecule has 2 aromatic heterocycles. The molecular formula is C12H15N5OS. The highest BCUT2D eigenvalue weighted by atomic mass is 32.2. The summed E-state index contributed by atoms with van der Waals surface area (Å²) in [7, 11) is 0. The Morgan fingerprint density at radius 3 is 2.68 bits per heavy atom. The fourth-order valence-electron chi connectivity index (χ4n) is 1.59. The minimum Gasteiger partial charge on any atom is -0.369 e. The van der Waals surface area contributed by atoms with Crippen LogP contribution in [0.25, 0.3) is 11.4 Å². The number of nitrogens with two attached hydrogens (primary N) is 1. The maximum absolute atomic E-state index is 11.1. The van der Waals surface area contributed by atoms with Crippen molar-refractivity contribution in [1.82, 2.24) is 19.7 Å². The van der Waals surface area contributed by atoms with Crippen LogP contribution in [0.2, 0.25) is 0 Å². The van der Waals surface area contributed by atoms with Crippen LogP contribution in [0.5, 0.6) is 0 Å². The van der Waals surface area contributed by atoms with Gasteiger partial charge in [0.05, 0.1) is 5.25 Å². The third kappa shape index (κ3) is 2.93. The van der Waals surface area contributed by atoms with Gasteiger partial charge in [-0.15, -0.1) is 10.2 Å². The molecule has 0 aromatic carbocycles. The first-order chi connectivity index (χ1) is 9.13. The molecule has 0 aliphatic rings. The van der Waals surface area contributed by atoms with Gasteiger partial charge in [0.1, 0.15) is 0 Å². The molecule has 0 radical (unpaired) electrons. The second-order valence-electron chi connectivity index (χ2n) is 3.95. The zero-order valence-electron chi connectivity index (χ0n) is 10.8. The minimum atomic E-state index is -0.360. The van der Waals surface area contributed by atoms with Gasteiger partial charge in [-0.1, -0.05) is 11.8 Å². The number of rotatable bonds is 5. The summed E-state index contributed by atoms with van der Waals surface area (Å²) in [4.78, 5) is 15.1. The number of carbonyl (C=O) groups is 1. The Kier molecular flexibility index (Phi) is 4.16. The molecule has 2 rings (SSSR count). The number of hydrogen-bond acceptors (Lipinski definition) is 5. The normalized spacial score (nSPS) is 12.3. The zero-order chi connectivity index (χ0) is 13.8. The maximum atomic E-state index is 11.1. The summed E-state index contributed by atoms with van der Waals surface area (Å²) in [6.07, 6.45) is 3.42. The summed E-state index contributed by atoms with van der Waals surface area (Å²) >= 11 is 1.32. The van der Waals surface area contributed by atoms with Crippen molar-refractivity contribution in [2.24, 2.45) is 5.73 Å². The second-order valence-corrected chi connectivity index (χ2v) is 5.26. The minimum absolute atomic E-state index is 0.334. The van der Waals surface area contributed by atoms with E-state index >= 15 is 0 Å². The number of carbonyl (C=O) groups excluding carboxylic acids is 1. The number of thioether (sulfide) groups is 1. The Morgan fingerprint density at radius 2 is 2.11 bits per heavy atom. The van der Waals surface area contributed by atoms with E-state index in [1.54, 1.807) is 19.3 Å². The molecule has 6 nitrogen and oxygen atoms in total. The predicted molar refractivity (Wildman–Crippen MR) is 73.4 cm³/mol. The van der Waals surface area contributed by atoms with Gasteiger partial charge < -0.3 is 10.3 Å². The Bertz CT molecular complexity index is 569. The summed E-state index contributed by atoms with van der Waals surface area (Å²) in [5.41, 5.74) is 6.21. The molecule has 0 unspecified atom stereocenters. The lowest BCUT2D eigenvalue weighted by Crippen LogP contribution is -2.23. The van der Waals surface area contributed by atoms with Crippen molar-refractivity contribution in [2.45, 2.75) is 30.8 Å². The summed E-state index contributed by atoms with van der Waals surface area (Å²) in [5, 5.41) is 8.68. The fourth-order valence-corrected chi connectivity index (χ4v) is 2.45. The van der Waals surface area contributed by atoms with Gasteiger partial charge in [0.15, 0.2) is 11.0 Å². The lowest BCUT2D eigenvalue weighted by atomic mass is 10.2. The molecule has 1 atom stereocenters. The molecule has 0 aliphatic heterocycles. The molecular weight excluding hydrogens is 262 g/mol. The van der Waals surface area contributed by atoms with Crippen LogP contribution >= 0.6 is 11.8 Å². The molecule has 100 valence electrons. The van der Waals surface area contributed by atoms with Crippen molar-refractivity contribution in [1.29, 1.82) is 0 Å². The number of hydrogen-bond donors (Lipinski definition) is 1. The summed E-state index contributed by atoms with van der Waals surface area (Å²) < 4.78 is 1.96. The molecule has 0 bridgehead atoms. The highest BCUT2D eigenvalue weighted by Crippen LogP contribution is 2.26. The van der Waals surface area contributed by atoms with E-state index in [-0.39, 0.29) is 11.2 Å². The Labute approximate surface area is 115 Å². The smallest absolute Gasteiger partial charge is 0.230 e. The summed E-state index contributed by atoms with van der Waals surface area (Å²) in [6.45, 7) is 4.49. The maximum Gasteiger partial charge on any atom is 0.230 e. The van der Waals surface area contributed by atoms with Crippen LogP contribution in [-0.4, -0.2) is 30.9 Å². The van der Waals surface area contributed by atoms with E-state index < -0.39 is 0 Å². The average molecular weight is 277 g/mol. The van der Waals surface area contributed by atoms with Crippen molar-refractivity contribution in [3.8, 4) is 11.4 Å². The van der Waals surface area contributed by atoms with Gasteiger partial charge in [-0.05, 0) is 26.0 Å². The van der Waals surface area contributed by atoms with Crippen LogP contribution < -0.4 is 5.73 Å². The quantitative estimate of drug-likeness (QED) is 0.833. The highest BCUT2D eigenvalue weighted by molar-refractivity contribution is 8.00. The Balaban J connectivity index is 2.33. The highest BCUT2D eigenvalue weighted by Gasteiger charge is 2.18. The monoisotopic (exact) mass is 277 g/mol. The topological polar surface area (TPSA) is 86.7 Å². The third-order valence-electron chi connectivity index (χ3n) is 2.65. The van der Waals surface area contributed by atoms with Gasteiger partial charge in [0, 0.05) is 24.5 Å². The molecule has 7 heteroatoms. The fraction of sp³-hybridized carbons (Fsp3) is 0.333. The average Bonchev–Trinajstić information content (AvgIpc) is 2.82. The van der Waals surface area contributed by atoms with Gasteiger partial charge in [-0.25, -0.2) is 0 Å². The third-order valence-corrected chi connectivity index (χ3v) is 3.75. The summed E-state index contributed by atoms with van der Waals surface area (Å²) in [5.74, 6) is 0.408. The van der Waals surface area contributed by atoms with Gasteiger partial charge in [-0.3, -0.25) is 9.78 Å². The van der Waals surface area contributed by atoms with E-state index in [1.807, 2.05) is 23.6 Å². The van der Waals surface area contributed by atoms with E-state index in [0.717, 1.165) is 17.9 Å². The Hall–Kier alpha value is -1.89. The molecule has 0 saturated carbocycles. The first-order valence-corrected chi connectivity index (χ1v) is 6.81. The molecule has 2 aromatic rings. The standard InChI is InChI=1S/C12H15N5OS/c1-3-17-11(9-4-6-14-7-5-9)15-16-12(17)19-8(2)10(13)18/h4-8H,3H2,1-2H3,(H2,13,18)/t8-/m1/s1. The van der Waals surface area contributed by atoms with Gasteiger partial charge in [0.25, 0.3) is 0 Å². The summed E-state index contributed by atoms with van der Waals surface area (Å²) in [6, 6.07) is 3.75. The van der Waals surface area contributed by atoms with E-state index in [1.165, 1.54) is 11.8 Å². The predicted octanol–water partition coefficient (Wildman–Crippen LogP) is 1.33. The molecule has 19 heavy (non-hydrogen) atoms. The molecule has 0 fully saturated rings. The lowest BCUT2D eigenvalue weighted by molar-refractivity contribution is -0.117. The van der Waals surface area contributed by atoms with Crippen LogP contribution in [0.3, 0.4) is 0 Å². The SMILES string of the molecule is CCn1c(S[C@H](C)C(N)=O)nnc1-c1ccncc1.